The molecule has 1 aromatic carbocycles. The van der Waals surface area contributed by atoms with Gasteiger partial charge in [0.25, 0.3) is 0 Å². The molecule has 2 aliphatic rings. The number of nitrogens with one attached hydrogen (secondary N) is 1. The molecule has 20 heavy (non-hydrogen) atoms. The second-order valence-corrected chi connectivity index (χ2v) is 7.95. The normalized spacial score (nSPS) is 29.8. The molecule has 1 aromatic rings. The minimum atomic E-state index is 0.628. The van der Waals surface area contributed by atoms with Gasteiger partial charge < -0.3 is 5.32 Å². The third-order valence-corrected chi connectivity index (χ3v) is 6.52. The molecule has 0 saturated heterocycles. The molecule has 1 nitrogen and oxygen atoms in total. The maximum absolute atomic E-state index is 6.05. The molecule has 2 bridgehead atoms. The fourth-order valence-electron chi connectivity index (χ4n) is 4.05. The minimum Gasteiger partial charge on any atom is -0.316 e. The van der Waals surface area contributed by atoms with Crippen molar-refractivity contribution in [2.45, 2.75) is 43.0 Å². The van der Waals surface area contributed by atoms with Gasteiger partial charge in [0, 0.05) is 21.7 Å². The van der Waals surface area contributed by atoms with Gasteiger partial charge in [0.15, 0.2) is 0 Å². The lowest BCUT2D eigenvalue weighted by Gasteiger charge is -2.26. The van der Waals surface area contributed by atoms with E-state index >= 15 is 0 Å². The van der Waals surface area contributed by atoms with Crippen LogP contribution < -0.4 is 5.32 Å². The minimum absolute atomic E-state index is 0.628. The highest BCUT2D eigenvalue weighted by atomic mass is 35.5. The van der Waals surface area contributed by atoms with Crippen LogP contribution in [0.15, 0.2) is 29.2 Å². The van der Waals surface area contributed by atoms with Crippen LogP contribution in [0.5, 0.6) is 0 Å². The highest BCUT2D eigenvalue weighted by Gasteiger charge is 2.39. The molecular formula is C17H24ClNS. The summed E-state index contributed by atoms with van der Waals surface area (Å²) in [6, 6.07) is 8.83. The number of fused-ring (bicyclic) bond motifs is 2. The third-order valence-electron chi connectivity index (χ3n) is 5.13. The largest absolute Gasteiger partial charge is 0.316 e. The summed E-state index contributed by atoms with van der Waals surface area (Å²) in [6.45, 7) is 0. The molecule has 0 radical (unpaired) electrons. The molecule has 2 fully saturated rings. The van der Waals surface area contributed by atoms with E-state index in [4.69, 9.17) is 11.6 Å². The van der Waals surface area contributed by atoms with Gasteiger partial charge in [-0.05, 0) is 68.7 Å². The Morgan fingerprint density at radius 2 is 2.25 bits per heavy atom. The van der Waals surface area contributed by atoms with Crippen LogP contribution in [0.25, 0.3) is 0 Å². The molecule has 0 spiro atoms. The first-order valence-corrected chi connectivity index (χ1v) is 9.16. The van der Waals surface area contributed by atoms with Crippen molar-refractivity contribution in [2.24, 2.45) is 17.8 Å². The number of hydrogen-bond acceptors (Lipinski definition) is 2. The molecule has 0 aliphatic heterocycles. The van der Waals surface area contributed by atoms with Crippen molar-refractivity contribution in [3.8, 4) is 0 Å². The fourth-order valence-corrected chi connectivity index (χ4v) is 5.39. The van der Waals surface area contributed by atoms with E-state index in [1.165, 1.54) is 37.0 Å². The first kappa shape index (κ1) is 14.7. The Labute approximate surface area is 131 Å². The van der Waals surface area contributed by atoms with Gasteiger partial charge in [0.2, 0.25) is 0 Å². The Bertz CT molecular complexity index is 450. The van der Waals surface area contributed by atoms with Gasteiger partial charge in [-0.25, -0.2) is 0 Å². The van der Waals surface area contributed by atoms with Crippen molar-refractivity contribution in [2.75, 3.05) is 12.8 Å². The lowest BCUT2D eigenvalue weighted by Crippen LogP contribution is -2.31. The Kier molecular flexibility index (Phi) is 4.95. The van der Waals surface area contributed by atoms with Gasteiger partial charge in [-0.1, -0.05) is 24.1 Å². The Balaban J connectivity index is 1.50. The van der Waals surface area contributed by atoms with Crippen molar-refractivity contribution in [3.63, 3.8) is 0 Å². The number of rotatable bonds is 6. The van der Waals surface area contributed by atoms with Crippen LogP contribution in [0.2, 0.25) is 5.02 Å². The molecule has 3 heteroatoms. The van der Waals surface area contributed by atoms with Crippen LogP contribution in [0.3, 0.4) is 0 Å². The molecule has 2 aliphatic carbocycles. The van der Waals surface area contributed by atoms with Crippen molar-refractivity contribution >= 4 is 23.4 Å². The summed E-state index contributed by atoms with van der Waals surface area (Å²) in [4.78, 5) is 1.28. The van der Waals surface area contributed by atoms with Crippen LogP contribution in [-0.4, -0.2) is 18.8 Å². The first-order valence-electron chi connectivity index (χ1n) is 7.80. The molecule has 3 rings (SSSR count). The summed E-state index contributed by atoms with van der Waals surface area (Å²) < 4.78 is 0. The molecule has 0 heterocycles. The maximum atomic E-state index is 6.05. The lowest BCUT2D eigenvalue weighted by atomic mass is 9.84. The fraction of sp³-hybridized carbons (Fsp3) is 0.647. The molecule has 2 saturated carbocycles. The van der Waals surface area contributed by atoms with Gasteiger partial charge in [0.1, 0.15) is 0 Å². The van der Waals surface area contributed by atoms with Crippen molar-refractivity contribution in [1.29, 1.82) is 0 Å². The Morgan fingerprint density at radius 1 is 1.35 bits per heavy atom. The summed E-state index contributed by atoms with van der Waals surface area (Å²) >= 11 is 7.97. The summed E-state index contributed by atoms with van der Waals surface area (Å²) in [6.07, 6.45) is 7.36. The average Bonchev–Trinajstić information content (AvgIpc) is 3.06. The smallest absolute Gasteiger partial charge is 0.0417 e. The predicted octanol–water partition coefficient (Wildman–Crippen LogP) is 4.85. The summed E-state index contributed by atoms with van der Waals surface area (Å²) in [5.74, 6) is 4.21. The highest BCUT2D eigenvalue weighted by molar-refractivity contribution is 7.99. The van der Waals surface area contributed by atoms with E-state index < -0.39 is 0 Å². The van der Waals surface area contributed by atoms with Gasteiger partial charge in [0.05, 0.1) is 0 Å². The Morgan fingerprint density at radius 3 is 2.90 bits per heavy atom. The number of halogens is 1. The second kappa shape index (κ2) is 6.72. The third kappa shape index (κ3) is 3.52. The zero-order valence-electron chi connectivity index (χ0n) is 12.1. The van der Waals surface area contributed by atoms with Crippen LogP contribution in [0, 0.1) is 17.8 Å². The standard InChI is InChI=1S/C17H24ClNS/c1-19-16(9-14-8-12-5-6-13(14)7-12)11-20-17-4-2-3-15(18)10-17/h2-4,10,12-14,16,19H,5-9,11H2,1H3. The van der Waals surface area contributed by atoms with Crippen LogP contribution in [0.1, 0.15) is 32.1 Å². The van der Waals surface area contributed by atoms with E-state index in [1.54, 1.807) is 0 Å². The zero-order valence-corrected chi connectivity index (χ0v) is 13.7. The average molecular weight is 310 g/mol. The highest BCUT2D eigenvalue weighted by Crippen LogP contribution is 2.50. The zero-order chi connectivity index (χ0) is 13.9. The second-order valence-electron chi connectivity index (χ2n) is 6.42. The van der Waals surface area contributed by atoms with Crippen molar-refractivity contribution < 1.29 is 0 Å². The van der Waals surface area contributed by atoms with Crippen molar-refractivity contribution in [3.05, 3.63) is 29.3 Å². The van der Waals surface area contributed by atoms with Gasteiger partial charge in [-0.3, -0.25) is 0 Å². The van der Waals surface area contributed by atoms with Crippen LogP contribution >= 0.6 is 23.4 Å². The molecule has 4 unspecified atom stereocenters. The molecule has 0 amide bonds. The first-order chi connectivity index (χ1) is 9.74. The monoisotopic (exact) mass is 309 g/mol. The number of hydrogen-bond donors (Lipinski definition) is 1. The number of thioether (sulfide) groups is 1. The van der Waals surface area contributed by atoms with Crippen LogP contribution in [0.4, 0.5) is 0 Å². The van der Waals surface area contributed by atoms with Gasteiger partial charge >= 0.3 is 0 Å². The SMILES string of the molecule is CNC(CSc1cccc(Cl)c1)CC1CC2CCC1C2. The molecule has 1 N–H and O–H groups in total. The molecule has 110 valence electrons. The van der Waals surface area contributed by atoms with Gasteiger partial charge in [-0.15, -0.1) is 11.8 Å². The topological polar surface area (TPSA) is 12.0 Å². The summed E-state index contributed by atoms with van der Waals surface area (Å²) in [5.41, 5.74) is 0. The molecular weight excluding hydrogens is 286 g/mol. The van der Waals surface area contributed by atoms with E-state index in [1.807, 2.05) is 23.9 Å². The quantitative estimate of drug-likeness (QED) is 0.754. The van der Waals surface area contributed by atoms with Gasteiger partial charge in [-0.2, -0.15) is 0 Å². The van der Waals surface area contributed by atoms with Crippen molar-refractivity contribution in [1.82, 2.24) is 5.32 Å². The van der Waals surface area contributed by atoms with E-state index in [-0.39, 0.29) is 0 Å². The van der Waals surface area contributed by atoms with E-state index in [2.05, 4.69) is 24.5 Å². The maximum Gasteiger partial charge on any atom is 0.0417 e. The predicted molar refractivity (Wildman–Crippen MR) is 88.6 cm³/mol. The lowest BCUT2D eigenvalue weighted by molar-refractivity contribution is 0.290. The van der Waals surface area contributed by atoms with E-state index in [0.29, 0.717) is 6.04 Å². The van der Waals surface area contributed by atoms with E-state index in [0.717, 1.165) is 28.5 Å². The molecule has 0 aromatic heterocycles. The number of benzene rings is 1. The molecule has 4 atom stereocenters. The van der Waals surface area contributed by atoms with E-state index in [9.17, 15) is 0 Å². The Hall–Kier alpha value is -0.180. The summed E-state index contributed by atoms with van der Waals surface area (Å²) in [7, 11) is 2.11. The summed E-state index contributed by atoms with van der Waals surface area (Å²) in [5, 5.41) is 4.36. The van der Waals surface area contributed by atoms with Crippen LogP contribution in [-0.2, 0) is 0 Å².